The molecule has 4 rings (SSSR count). The summed E-state index contributed by atoms with van der Waals surface area (Å²) in [5.41, 5.74) is 2.69. The van der Waals surface area contributed by atoms with Crippen molar-refractivity contribution >= 4 is 28.4 Å². The summed E-state index contributed by atoms with van der Waals surface area (Å²) in [5.74, 6) is 0.402. The molecule has 0 fully saturated rings. The summed E-state index contributed by atoms with van der Waals surface area (Å²) < 4.78 is 7.08. The lowest BCUT2D eigenvalue weighted by Crippen LogP contribution is -2.38. The number of hydrogen-bond donors (Lipinski definition) is 0. The van der Waals surface area contributed by atoms with Crippen LogP contribution in [0.2, 0.25) is 0 Å². The number of carbonyl (C=O) groups is 2. The molecule has 0 bridgehead atoms. The standard InChI is InChI=1S/C19H18N4O3/c1-3-22-16-10-13(8-9-17(16)26-11-18(22)24)19(25)12(2)23-15-7-5-4-6-14(15)20-21-23/h4-10,12H,3,11H2,1-2H3. The first-order valence-electron chi connectivity index (χ1n) is 8.51. The van der Waals surface area contributed by atoms with E-state index in [1.807, 2.05) is 31.2 Å². The zero-order valence-corrected chi connectivity index (χ0v) is 14.5. The number of aromatic nitrogens is 3. The Morgan fingerprint density at radius 1 is 1.27 bits per heavy atom. The highest BCUT2D eigenvalue weighted by Crippen LogP contribution is 2.33. The second kappa shape index (κ2) is 6.25. The van der Waals surface area contributed by atoms with Gasteiger partial charge in [-0.2, -0.15) is 0 Å². The van der Waals surface area contributed by atoms with Crippen LogP contribution in [0, 0.1) is 0 Å². The Bertz CT molecular complexity index is 1010. The summed E-state index contributed by atoms with van der Waals surface area (Å²) in [4.78, 5) is 26.7. The van der Waals surface area contributed by atoms with Crippen LogP contribution in [0.1, 0.15) is 30.2 Å². The lowest BCUT2D eigenvalue weighted by Gasteiger charge is -2.28. The van der Waals surface area contributed by atoms with Crippen LogP contribution in [-0.2, 0) is 4.79 Å². The van der Waals surface area contributed by atoms with E-state index in [9.17, 15) is 9.59 Å². The van der Waals surface area contributed by atoms with Gasteiger partial charge in [-0.15, -0.1) is 5.10 Å². The number of benzene rings is 2. The molecule has 1 atom stereocenters. The number of rotatable bonds is 4. The van der Waals surface area contributed by atoms with Gasteiger partial charge in [0.05, 0.1) is 11.2 Å². The summed E-state index contributed by atoms with van der Waals surface area (Å²) >= 11 is 0. The number of hydrogen-bond acceptors (Lipinski definition) is 5. The zero-order valence-electron chi connectivity index (χ0n) is 14.5. The van der Waals surface area contributed by atoms with Crippen LogP contribution in [0.15, 0.2) is 42.5 Å². The van der Waals surface area contributed by atoms with Gasteiger partial charge in [-0.25, -0.2) is 4.68 Å². The van der Waals surface area contributed by atoms with Gasteiger partial charge >= 0.3 is 0 Å². The minimum Gasteiger partial charge on any atom is -0.482 e. The molecule has 7 heteroatoms. The van der Waals surface area contributed by atoms with Gasteiger partial charge in [-0.1, -0.05) is 17.3 Å². The van der Waals surface area contributed by atoms with Crippen molar-refractivity contribution in [3.05, 3.63) is 48.0 Å². The normalized spacial score (nSPS) is 14.8. The quantitative estimate of drug-likeness (QED) is 0.676. The molecule has 0 saturated heterocycles. The van der Waals surface area contributed by atoms with Crippen LogP contribution in [0.5, 0.6) is 5.75 Å². The Labute approximate surface area is 150 Å². The highest BCUT2D eigenvalue weighted by atomic mass is 16.5. The first-order chi connectivity index (χ1) is 12.6. The number of Topliss-reactive ketones (excluding diaryl/α,β-unsaturated/α-hetero) is 1. The summed E-state index contributed by atoms with van der Waals surface area (Å²) in [6.45, 7) is 4.24. The smallest absolute Gasteiger partial charge is 0.265 e. The maximum atomic E-state index is 13.0. The molecule has 2 heterocycles. The van der Waals surface area contributed by atoms with Crippen molar-refractivity contribution in [1.82, 2.24) is 15.0 Å². The van der Waals surface area contributed by atoms with Crippen molar-refractivity contribution < 1.29 is 14.3 Å². The Balaban J connectivity index is 1.70. The van der Waals surface area contributed by atoms with E-state index in [2.05, 4.69) is 10.3 Å². The van der Waals surface area contributed by atoms with E-state index in [1.54, 1.807) is 34.7 Å². The lowest BCUT2D eigenvalue weighted by atomic mass is 10.0. The average Bonchev–Trinajstić information content (AvgIpc) is 3.10. The summed E-state index contributed by atoms with van der Waals surface area (Å²) in [5, 5.41) is 8.24. The maximum Gasteiger partial charge on any atom is 0.265 e. The molecule has 1 aromatic heterocycles. The number of fused-ring (bicyclic) bond motifs is 2. The van der Waals surface area contributed by atoms with Crippen LogP contribution >= 0.6 is 0 Å². The van der Waals surface area contributed by atoms with Gasteiger partial charge in [0.2, 0.25) is 0 Å². The minimum atomic E-state index is -0.518. The molecule has 0 spiro atoms. The van der Waals surface area contributed by atoms with Gasteiger partial charge in [0.25, 0.3) is 5.91 Å². The third-order valence-corrected chi connectivity index (χ3v) is 4.63. The second-order valence-electron chi connectivity index (χ2n) is 6.17. The van der Waals surface area contributed by atoms with Gasteiger partial charge in [0.1, 0.15) is 17.3 Å². The maximum absolute atomic E-state index is 13.0. The molecule has 26 heavy (non-hydrogen) atoms. The van der Waals surface area contributed by atoms with Gasteiger partial charge < -0.3 is 9.64 Å². The molecule has 0 N–H and O–H groups in total. The minimum absolute atomic E-state index is 0.0233. The van der Waals surface area contributed by atoms with Gasteiger partial charge in [-0.3, -0.25) is 9.59 Å². The van der Waals surface area contributed by atoms with Crippen LogP contribution in [0.4, 0.5) is 5.69 Å². The Morgan fingerprint density at radius 3 is 2.88 bits per heavy atom. The largest absolute Gasteiger partial charge is 0.482 e. The highest BCUT2D eigenvalue weighted by Gasteiger charge is 2.27. The fraction of sp³-hybridized carbons (Fsp3) is 0.263. The molecular weight excluding hydrogens is 332 g/mol. The van der Waals surface area contributed by atoms with E-state index in [-0.39, 0.29) is 18.3 Å². The van der Waals surface area contributed by atoms with Crippen molar-refractivity contribution in [2.75, 3.05) is 18.1 Å². The predicted octanol–water partition coefficient (Wildman–Crippen LogP) is 2.62. The van der Waals surface area contributed by atoms with Crippen molar-refractivity contribution in [2.45, 2.75) is 19.9 Å². The number of para-hydroxylation sites is 1. The van der Waals surface area contributed by atoms with Crippen molar-refractivity contribution in [3.8, 4) is 5.75 Å². The molecule has 0 radical (unpaired) electrons. The topological polar surface area (TPSA) is 77.3 Å². The summed E-state index contributed by atoms with van der Waals surface area (Å²) in [7, 11) is 0. The molecule has 132 valence electrons. The van der Waals surface area contributed by atoms with E-state index < -0.39 is 6.04 Å². The molecular formula is C19H18N4O3. The fourth-order valence-electron chi connectivity index (χ4n) is 3.23. The zero-order chi connectivity index (χ0) is 18.3. The predicted molar refractivity (Wildman–Crippen MR) is 96.5 cm³/mol. The lowest BCUT2D eigenvalue weighted by molar-refractivity contribution is -0.121. The Kier molecular flexibility index (Phi) is 3.91. The van der Waals surface area contributed by atoms with Crippen LogP contribution in [0.3, 0.4) is 0 Å². The molecule has 0 saturated carbocycles. The fourth-order valence-corrected chi connectivity index (χ4v) is 3.23. The second-order valence-corrected chi connectivity index (χ2v) is 6.17. The highest BCUT2D eigenvalue weighted by molar-refractivity contribution is 6.03. The Morgan fingerprint density at radius 2 is 2.08 bits per heavy atom. The van der Waals surface area contributed by atoms with E-state index in [1.165, 1.54) is 0 Å². The van der Waals surface area contributed by atoms with Crippen molar-refractivity contribution in [3.63, 3.8) is 0 Å². The number of likely N-dealkylation sites (N-methyl/N-ethyl adjacent to an activating group) is 1. The number of carbonyl (C=O) groups excluding carboxylic acids is 2. The van der Waals surface area contributed by atoms with Crippen LogP contribution < -0.4 is 9.64 Å². The van der Waals surface area contributed by atoms with Crippen LogP contribution in [0.25, 0.3) is 11.0 Å². The third-order valence-electron chi connectivity index (χ3n) is 4.63. The van der Waals surface area contributed by atoms with E-state index in [4.69, 9.17) is 4.74 Å². The average molecular weight is 350 g/mol. The van der Waals surface area contributed by atoms with E-state index in [0.717, 1.165) is 11.0 Å². The summed E-state index contributed by atoms with van der Waals surface area (Å²) in [6, 6.07) is 12.2. The van der Waals surface area contributed by atoms with Gasteiger partial charge in [0, 0.05) is 12.1 Å². The van der Waals surface area contributed by atoms with Crippen LogP contribution in [-0.4, -0.2) is 39.8 Å². The molecule has 3 aromatic rings. The van der Waals surface area contributed by atoms with E-state index in [0.29, 0.717) is 23.5 Å². The number of amides is 1. The number of anilines is 1. The monoisotopic (exact) mass is 350 g/mol. The van der Waals surface area contributed by atoms with Gasteiger partial charge in [0.15, 0.2) is 12.4 Å². The van der Waals surface area contributed by atoms with E-state index >= 15 is 0 Å². The Hall–Kier alpha value is -3.22. The molecule has 1 unspecified atom stereocenters. The first-order valence-corrected chi connectivity index (χ1v) is 8.51. The summed E-state index contributed by atoms with van der Waals surface area (Å²) in [6.07, 6.45) is 0. The number of ketones is 1. The molecule has 0 aliphatic carbocycles. The molecule has 2 aromatic carbocycles. The molecule has 1 amide bonds. The molecule has 1 aliphatic heterocycles. The number of nitrogens with zero attached hydrogens (tertiary/aromatic N) is 4. The van der Waals surface area contributed by atoms with Crippen molar-refractivity contribution in [2.24, 2.45) is 0 Å². The van der Waals surface area contributed by atoms with Crippen molar-refractivity contribution in [1.29, 1.82) is 0 Å². The SMILES string of the molecule is CCN1C(=O)COc2ccc(C(=O)C(C)n3nnc4ccccc43)cc21. The molecule has 1 aliphatic rings. The first kappa shape index (κ1) is 16.3. The number of ether oxygens (including phenoxy) is 1. The third kappa shape index (κ3) is 2.52. The van der Waals surface area contributed by atoms with Gasteiger partial charge in [-0.05, 0) is 44.2 Å². The molecule has 7 nitrogen and oxygen atoms in total.